The molecule has 0 bridgehead atoms. The first-order valence-electron chi connectivity index (χ1n) is 8.96. The molecule has 0 aliphatic rings. The molecule has 0 aliphatic carbocycles. The molecule has 2 aromatic carbocycles. The lowest BCUT2D eigenvalue weighted by atomic mass is 10.0. The van der Waals surface area contributed by atoms with Gasteiger partial charge in [0, 0.05) is 24.2 Å². The number of amides is 2. The lowest BCUT2D eigenvalue weighted by Crippen LogP contribution is -2.38. The monoisotopic (exact) mass is 425 g/mol. The van der Waals surface area contributed by atoms with Crippen molar-refractivity contribution in [1.82, 2.24) is 10.6 Å². The topological polar surface area (TPSA) is 93.4 Å². The zero-order valence-electron chi connectivity index (χ0n) is 16.0. The van der Waals surface area contributed by atoms with Gasteiger partial charge in [0.2, 0.25) is 6.41 Å². The number of nitrogens with two attached hydrogens (primary N) is 1. The van der Waals surface area contributed by atoms with E-state index in [-0.39, 0.29) is 34.2 Å². The molecule has 4 N–H and O–H groups in total. The summed E-state index contributed by atoms with van der Waals surface area (Å²) in [6.45, 7) is 4.11. The van der Waals surface area contributed by atoms with E-state index in [1.54, 1.807) is 6.07 Å². The van der Waals surface area contributed by atoms with Crippen LogP contribution in [0.4, 0.5) is 8.78 Å². The van der Waals surface area contributed by atoms with Gasteiger partial charge in [0.25, 0.3) is 5.91 Å². The van der Waals surface area contributed by atoms with Crippen LogP contribution in [0.3, 0.4) is 0 Å². The Morgan fingerprint density at radius 1 is 1.31 bits per heavy atom. The van der Waals surface area contributed by atoms with Crippen LogP contribution in [-0.4, -0.2) is 24.9 Å². The predicted octanol–water partition coefficient (Wildman–Crippen LogP) is 3.68. The maximum absolute atomic E-state index is 15.2. The van der Waals surface area contributed by atoms with Crippen molar-refractivity contribution < 1.29 is 23.1 Å². The smallest absolute Gasteiger partial charge is 0.251 e. The Kier molecular flexibility index (Phi) is 7.92. The molecular weight excluding hydrogens is 404 g/mol. The first-order chi connectivity index (χ1) is 13.8. The van der Waals surface area contributed by atoms with Gasteiger partial charge in [0.15, 0.2) is 11.6 Å². The maximum atomic E-state index is 15.2. The number of nitrogens with one attached hydrogen (secondary N) is 2. The van der Waals surface area contributed by atoms with Gasteiger partial charge in [-0.1, -0.05) is 24.6 Å². The summed E-state index contributed by atoms with van der Waals surface area (Å²) in [6, 6.07) is 5.89. The van der Waals surface area contributed by atoms with Crippen LogP contribution in [0.25, 0.3) is 0 Å². The highest BCUT2D eigenvalue weighted by atomic mass is 35.5. The van der Waals surface area contributed by atoms with E-state index in [4.69, 9.17) is 22.1 Å². The lowest BCUT2D eigenvalue weighted by Gasteiger charge is -2.24. The fraction of sp³-hybridized carbons (Fsp3) is 0.300. The first kappa shape index (κ1) is 22.6. The minimum Gasteiger partial charge on any atom is -0.453 e. The molecule has 0 radical (unpaired) electrons. The minimum absolute atomic E-state index is 0.0155. The summed E-state index contributed by atoms with van der Waals surface area (Å²) >= 11 is 6.11. The van der Waals surface area contributed by atoms with Gasteiger partial charge < -0.3 is 21.1 Å². The van der Waals surface area contributed by atoms with Crippen LogP contribution in [0.5, 0.6) is 11.5 Å². The van der Waals surface area contributed by atoms with Crippen LogP contribution in [0.2, 0.25) is 5.02 Å². The van der Waals surface area contributed by atoms with E-state index in [1.807, 2.05) is 13.8 Å². The lowest BCUT2D eigenvalue weighted by molar-refractivity contribution is -0.109. The predicted molar refractivity (Wildman–Crippen MR) is 106 cm³/mol. The molecule has 6 nitrogen and oxygen atoms in total. The van der Waals surface area contributed by atoms with Crippen molar-refractivity contribution in [3.63, 3.8) is 0 Å². The number of rotatable bonds is 10. The van der Waals surface area contributed by atoms with Gasteiger partial charge in [-0.15, -0.1) is 0 Å². The van der Waals surface area contributed by atoms with Gasteiger partial charge in [0.1, 0.15) is 11.6 Å². The molecule has 0 aromatic heterocycles. The highest BCUT2D eigenvalue weighted by Crippen LogP contribution is 2.37. The van der Waals surface area contributed by atoms with E-state index in [0.29, 0.717) is 24.9 Å². The first-order valence-corrected chi connectivity index (χ1v) is 9.34. The summed E-state index contributed by atoms with van der Waals surface area (Å²) in [7, 11) is 0. The minimum atomic E-state index is -0.971. The Labute approximate surface area is 172 Å². The fourth-order valence-electron chi connectivity index (χ4n) is 2.84. The van der Waals surface area contributed by atoms with Gasteiger partial charge in [-0.3, -0.25) is 9.59 Å². The van der Waals surface area contributed by atoms with Crippen LogP contribution in [0.1, 0.15) is 42.2 Å². The van der Waals surface area contributed by atoms with Crippen molar-refractivity contribution in [2.24, 2.45) is 5.73 Å². The molecule has 0 fully saturated rings. The third-order valence-electron chi connectivity index (χ3n) is 4.28. The van der Waals surface area contributed by atoms with Gasteiger partial charge in [-0.25, -0.2) is 8.78 Å². The quantitative estimate of drug-likeness (QED) is 0.506. The molecule has 0 spiro atoms. The second-order valence-electron chi connectivity index (χ2n) is 6.44. The van der Waals surface area contributed by atoms with Crippen molar-refractivity contribution in [2.45, 2.75) is 32.4 Å². The molecule has 2 amide bonds. The van der Waals surface area contributed by atoms with Crippen LogP contribution in [-0.2, 0) is 4.79 Å². The molecule has 2 rings (SSSR count). The summed E-state index contributed by atoms with van der Waals surface area (Å²) in [6.07, 6.45) is 1.16. The van der Waals surface area contributed by atoms with E-state index >= 15 is 4.39 Å². The summed E-state index contributed by atoms with van der Waals surface area (Å²) in [5.74, 6) is -2.69. The number of ether oxygens (including phenoxy) is 1. The van der Waals surface area contributed by atoms with Crippen molar-refractivity contribution in [3.8, 4) is 11.5 Å². The fourth-order valence-corrected chi connectivity index (χ4v) is 3.02. The number of primary amides is 1. The second-order valence-corrected chi connectivity index (χ2v) is 6.85. The number of hydrogen-bond acceptors (Lipinski definition) is 4. The van der Waals surface area contributed by atoms with E-state index in [1.165, 1.54) is 12.1 Å². The van der Waals surface area contributed by atoms with E-state index in [0.717, 1.165) is 12.1 Å². The maximum Gasteiger partial charge on any atom is 0.251 e. The Morgan fingerprint density at radius 2 is 2.03 bits per heavy atom. The Hall–Kier alpha value is -2.71. The molecule has 0 aliphatic heterocycles. The number of carbonyl (C=O) groups excluding carboxylic acids is 2. The molecule has 9 heteroatoms. The molecular formula is C20H22ClF2N3O3. The molecule has 2 aromatic rings. The normalized spacial score (nSPS) is 12.9. The molecule has 2 atom stereocenters. The Bertz CT molecular complexity index is 896. The molecule has 0 saturated heterocycles. The average molecular weight is 426 g/mol. The number of benzene rings is 2. The number of carbonyl (C=O) groups is 2. The van der Waals surface area contributed by atoms with Crippen LogP contribution >= 0.6 is 11.6 Å². The van der Waals surface area contributed by atoms with E-state index < -0.39 is 17.5 Å². The van der Waals surface area contributed by atoms with Crippen molar-refractivity contribution >= 4 is 23.9 Å². The molecule has 0 heterocycles. The van der Waals surface area contributed by atoms with E-state index in [2.05, 4.69) is 10.6 Å². The molecule has 0 unspecified atom stereocenters. The highest BCUT2D eigenvalue weighted by Gasteiger charge is 2.22. The van der Waals surface area contributed by atoms with Crippen LogP contribution in [0, 0.1) is 11.6 Å². The third-order valence-corrected chi connectivity index (χ3v) is 4.58. The number of halogens is 3. The zero-order valence-corrected chi connectivity index (χ0v) is 16.7. The van der Waals surface area contributed by atoms with Crippen molar-refractivity contribution in [1.29, 1.82) is 0 Å². The Balaban J connectivity index is 2.34. The summed E-state index contributed by atoms with van der Waals surface area (Å²) in [4.78, 5) is 21.8. The highest BCUT2D eigenvalue weighted by molar-refractivity contribution is 6.32. The summed E-state index contributed by atoms with van der Waals surface area (Å²) < 4.78 is 34.4. The number of hydrogen-bond donors (Lipinski definition) is 3. The van der Waals surface area contributed by atoms with Gasteiger partial charge in [0.05, 0.1) is 10.6 Å². The van der Waals surface area contributed by atoms with Gasteiger partial charge in [-0.05, 0) is 37.6 Å². The van der Waals surface area contributed by atoms with Crippen LogP contribution < -0.4 is 21.1 Å². The zero-order chi connectivity index (χ0) is 21.6. The van der Waals surface area contributed by atoms with Gasteiger partial charge in [-0.2, -0.15) is 0 Å². The Morgan fingerprint density at radius 3 is 2.66 bits per heavy atom. The summed E-state index contributed by atoms with van der Waals surface area (Å²) in [5, 5.41) is 5.81. The standard InChI is InChI=1S/C20H22ClF2N3O3/c1-3-17(26-11(2)9-25-10-27)13-5-6-15(21)19(18(13)23)29-12-4-7-16(22)14(8-12)20(24)28/h4-8,10-11,17,26H,3,9H2,1-2H3,(H2,24,28)(H,25,27)/t11-,17+/m0/s1. The average Bonchev–Trinajstić information content (AvgIpc) is 2.69. The van der Waals surface area contributed by atoms with Gasteiger partial charge >= 0.3 is 0 Å². The summed E-state index contributed by atoms with van der Waals surface area (Å²) in [5.41, 5.74) is 5.08. The van der Waals surface area contributed by atoms with Crippen molar-refractivity contribution in [2.75, 3.05) is 6.54 Å². The molecule has 0 saturated carbocycles. The largest absolute Gasteiger partial charge is 0.453 e. The molecule has 29 heavy (non-hydrogen) atoms. The SMILES string of the molecule is CC[C@@H](N[C@@H](C)CNC=O)c1ccc(Cl)c(Oc2ccc(F)c(C(N)=O)c2)c1F. The third kappa shape index (κ3) is 5.65. The van der Waals surface area contributed by atoms with E-state index in [9.17, 15) is 14.0 Å². The van der Waals surface area contributed by atoms with Crippen molar-refractivity contribution in [3.05, 3.63) is 58.1 Å². The molecule has 156 valence electrons. The van der Waals surface area contributed by atoms with Crippen LogP contribution in [0.15, 0.2) is 30.3 Å². The second kappa shape index (κ2) is 10.2.